The van der Waals surface area contributed by atoms with Crippen molar-refractivity contribution >= 4 is 11.0 Å². The van der Waals surface area contributed by atoms with Crippen LogP contribution in [0.3, 0.4) is 0 Å². The minimum atomic E-state index is 0.00584. The second kappa shape index (κ2) is 5.17. The van der Waals surface area contributed by atoms with Gasteiger partial charge < -0.3 is 4.57 Å². The molecule has 0 radical (unpaired) electrons. The Morgan fingerprint density at radius 2 is 2.11 bits per heavy atom. The molecule has 2 heterocycles. The molecule has 96 valence electrons. The van der Waals surface area contributed by atoms with Crippen molar-refractivity contribution in [2.45, 2.75) is 12.6 Å². The van der Waals surface area contributed by atoms with Gasteiger partial charge in [-0.2, -0.15) is 0 Å². The predicted octanol–water partition coefficient (Wildman–Crippen LogP) is 1.64. The zero-order valence-electron chi connectivity index (χ0n) is 10.4. The van der Waals surface area contributed by atoms with Crippen LogP contribution >= 0.6 is 0 Å². The van der Waals surface area contributed by atoms with E-state index in [1.807, 2.05) is 42.9 Å². The van der Waals surface area contributed by atoms with Crippen LogP contribution in [0.15, 0.2) is 55.1 Å². The normalized spacial score (nSPS) is 12.7. The maximum absolute atomic E-state index is 5.65. The van der Waals surface area contributed by atoms with Gasteiger partial charge in [0.05, 0.1) is 23.4 Å². The van der Waals surface area contributed by atoms with Crippen LogP contribution in [-0.4, -0.2) is 14.5 Å². The van der Waals surface area contributed by atoms with Crippen molar-refractivity contribution in [1.29, 1.82) is 0 Å². The number of nitrogens with zero attached hydrogens (tertiary/aromatic N) is 3. The topological polar surface area (TPSA) is 68.8 Å². The van der Waals surface area contributed by atoms with Gasteiger partial charge in [0.15, 0.2) is 0 Å². The molecule has 0 aliphatic carbocycles. The second-order valence-electron chi connectivity index (χ2n) is 4.39. The van der Waals surface area contributed by atoms with Crippen molar-refractivity contribution in [3.05, 3.63) is 60.7 Å². The summed E-state index contributed by atoms with van der Waals surface area (Å²) in [5.74, 6) is 5.65. The Morgan fingerprint density at radius 3 is 2.89 bits per heavy atom. The molecule has 19 heavy (non-hydrogen) atoms. The zero-order valence-corrected chi connectivity index (χ0v) is 10.4. The van der Waals surface area contributed by atoms with Crippen LogP contribution in [0.2, 0.25) is 0 Å². The van der Waals surface area contributed by atoms with Gasteiger partial charge in [-0.05, 0) is 23.8 Å². The van der Waals surface area contributed by atoms with Gasteiger partial charge in [-0.1, -0.05) is 18.2 Å². The third kappa shape index (κ3) is 2.33. The van der Waals surface area contributed by atoms with E-state index in [4.69, 9.17) is 5.84 Å². The van der Waals surface area contributed by atoms with Gasteiger partial charge in [-0.25, -0.2) is 4.98 Å². The van der Waals surface area contributed by atoms with Crippen LogP contribution in [0.25, 0.3) is 11.0 Å². The van der Waals surface area contributed by atoms with Gasteiger partial charge in [0.2, 0.25) is 0 Å². The number of aromatic nitrogens is 3. The van der Waals surface area contributed by atoms with E-state index in [1.54, 1.807) is 6.20 Å². The van der Waals surface area contributed by atoms with E-state index >= 15 is 0 Å². The van der Waals surface area contributed by atoms with Gasteiger partial charge in [-0.15, -0.1) is 0 Å². The van der Waals surface area contributed by atoms with Crippen molar-refractivity contribution < 1.29 is 0 Å². The van der Waals surface area contributed by atoms with Crippen LogP contribution in [0.4, 0.5) is 0 Å². The molecule has 0 aliphatic heterocycles. The van der Waals surface area contributed by atoms with E-state index in [9.17, 15) is 0 Å². The van der Waals surface area contributed by atoms with E-state index in [1.165, 1.54) is 0 Å². The van der Waals surface area contributed by atoms with E-state index in [2.05, 4.69) is 26.0 Å². The fourth-order valence-electron chi connectivity index (χ4n) is 2.19. The number of rotatable bonds is 4. The molecule has 0 fully saturated rings. The molecule has 0 saturated carbocycles. The number of hydrazine groups is 1. The number of imidazole rings is 1. The summed E-state index contributed by atoms with van der Waals surface area (Å²) in [5, 5.41) is 0. The summed E-state index contributed by atoms with van der Waals surface area (Å²) in [6, 6.07) is 12.0. The lowest BCUT2D eigenvalue weighted by atomic mass is 10.1. The largest absolute Gasteiger partial charge is 0.329 e. The van der Waals surface area contributed by atoms with Gasteiger partial charge >= 0.3 is 0 Å². The molecule has 0 amide bonds. The average Bonchev–Trinajstić information content (AvgIpc) is 2.89. The standard InChI is InChI=1S/C14H15N5/c15-18-13(11-4-3-7-16-8-11)9-19-10-17-12-5-1-2-6-14(12)19/h1-8,10,13,18H,9,15H2. The molecule has 3 aromatic rings. The highest BCUT2D eigenvalue weighted by Crippen LogP contribution is 2.17. The maximum atomic E-state index is 5.65. The van der Waals surface area contributed by atoms with Crippen LogP contribution in [0, 0.1) is 0 Å². The lowest BCUT2D eigenvalue weighted by Crippen LogP contribution is -2.31. The summed E-state index contributed by atoms with van der Waals surface area (Å²) in [7, 11) is 0. The number of hydrogen-bond donors (Lipinski definition) is 2. The number of pyridine rings is 1. The van der Waals surface area contributed by atoms with Crippen LogP contribution in [-0.2, 0) is 6.54 Å². The van der Waals surface area contributed by atoms with Crippen LogP contribution in [0.5, 0.6) is 0 Å². The smallest absolute Gasteiger partial charge is 0.0958 e. The second-order valence-corrected chi connectivity index (χ2v) is 4.39. The maximum Gasteiger partial charge on any atom is 0.0958 e. The predicted molar refractivity (Wildman–Crippen MR) is 74.0 cm³/mol. The third-order valence-corrected chi connectivity index (χ3v) is 3.19. The van der Waals surface area contributed by atoms with E-state index in [0.29, 0.717) is 6.54 Å². The molecule has 5 heteroatoms. The summed E-state index contributed by atoms with van der Waals surface area (Å²) in [6.45, 7) is 0.711. The lowest BCUT2D eigenvalue weighted by molar-refractivity contribution is 0.480. The number of para-hydroxylation sites is 2. The zero-order chi connectivity index (χ0) is 13.1. The van der Waals surface area contributed by atoms with Crippen molar-refractivity contribution in [2.75, 3.05) is 0 Å². The average molecular weight is 253 g/mol. The number of fused-ring (bicyclic) bond motifs is 1. The summed E-state index contributed by atoms with van der Waals surface area (Å²) >= 11 is 0. The Bertz CT molecular complexity index is 662. The molecule has 5 nitrogen and oxygen atoms in total. The Balaban J connectivity index is 1.91. The van der Waals surface area contributed by atoms with E-state index in [-0.39, 0.29) is 6.04 Å². The molecule has 1 unspecified atom stereocenters. The lowest BCUT2D eigenvalue weighted by Gasteiger charge is -2.17. The monoisotopic (exact) mass is 253 g/mol. The van der Waals surface area contributed by atoms with Gasteiger partial charge in [0, 0.05) is 18.9 Å². The number of hydrogen-bond acceptors (Lipinski definition) is 4. The Labute approximate surface area is 111 Å². The van der Waals surface area contributed by atoms with Crippen LogP contribution in [0.1, 0.15) is 11.6 Å². The number of benzene rings is 1. The molecule has 0 spiro atoms. The van der Waals surface area contributed by atoms with E-state index in [0.717, 1.165) is 16.6 Å². The minimum absolute atomic E-state index is 0.00584. The Hall–Kier alpha value is -2.24. The highest BCUT2D eigenvalue weighted by molar-refractivity contribution is 5.74. The highest BCUT2D eigenvalue weighted by Gasteiger charge is 2.12. The van der Waals surface area contributed by atoms with Crippen molar-refractivity contribution in [3.8, 4) is 0 Å². The molecule has 2 aromatic heterocycles. The highest BCUT2D eigenvalue weighted by atomic mass is 15.2. The Morgan fingerprint density at radius 1 is 1.21 bits per heavy atom. The molecule has 0 saturated heterocycles. The molecule has 0 aliphatic rings. The first-order valence-electron chi connectivity index (χ1n) is 6.14. The molecule has 3 N–H and O–H groups in total. The Kier molecular flexibility index (Phi) is 3.22. The van der Waals surface area contributed by atoms with Gasteiger partial charge in [0.25, 0.3) is 0 Å². The molecular weight excluding hydrogens is 238 g/mol. The fourth-order valence-corrected chi connectivity index (χ4v) is 2.19. The summed E-state index contributed by atoms with van der Waals surface area (Å²) in [5.41, 5.74) is 5.98. The first kappa shape index (κ1) is 11.8. The first-order valence-corrected chi connectivity index (χ1v) is 6.14. The molecule has 1 aromatic carbocycles. The van der Waals surface area contributed by atoms with E-state index < -0.39 is 0 Å². The minimum Gasteiger partial charge on any atom is -0.329 e. The fraction of sp³-hybridized carbons (Fsp3) is 0.143. The third-order valence-electron chi connectivity index (χ3n) is 3.19. The van der Waals surface area contributed by atoms with Crippen LogP contribution < -0.4 is 11.3 Å². The van der Waals surface area contributed by atoms with Crippen molar-refractivity contribution in [1.82, 2.24) is 20.0 Å². The SMILES string of the molecule is NNC(Cn1cnc2ccccc21)c1cccnc1. The molecular formula is C14H15N5. The van der Waals surface area contributed by atoms with Gasteiger partial charge in [-0.3, -0.25) is 16.3 Å². The molecule has 3 rings (SSSR count). The van der Waals surface area contributed by atoms with Gasteiger partial charge in [0.1, 0.15) is 0 Å². The van der Waals surface area contributed by atoms with Crippen molar-refractivity contribution in [2.24, 2.45) is 5.84 Å². The summed E-state index contributed by atoms with van der Waals surface area (Å²) in [6.07, 6.45) is 5.42. The summed E-state index contributed by atoms with van der Waals surface area (Å²) < 4.78 is 2.09. The summed E-state index contributed by atoms with van der Waals surface area (Å²) in [4.78, 5) is 8.50. The molecule has 0 bridgehead atoms. The number of nitrogens with one attached hydrogen (secondary N) is 1. The van der Waals surface area contributed by atoms with Crippen molar-refractivity contribution in [3.63, 3.8) is 0 Å². The molecule has 1 atom stereocenters. The quantitative estimate of drug-likeness (QED) is 0.548. The first-order chi connectivity index (χ1) is 9.38. The number of nitrogens with two attached hydrogens (primary N) is 1.